The van der Waals surface area contributed by atoms with E-state index >= 15 is 0 Å². The molecular formula is C24H29N7O3. The summed E-state index contributed by atoms with van der Waals surface area (Å²) in [6.07, 6.45) is 8.11. The number of carbonyl (C=O) groups excluding carboxylic acids is 1. The van der Waals surface area contributed by atoms with Gasteiger partial charge in [0.25, 0.3) is 0 Å². The van der Waals surface area contributed by atoms with Crippen molar-refractivity contribution in [3.05, 3.63) is 59.4 Å². The van der Waals surface area contributed by atoms with Crippen LogP contribution in [0, 0.1) is 5.41 Å². The molecule has 2 aromatic rings. The van der Waals surface area contributed by atoms with Crippen LogP contribution >= 0.6 is 0 Å². The Morgan fingerprint density at radius 3 is 2.62 bits per heavy atom. The number of carboxylic acids is 1. The number of carbonyl (C=O) groups is 2. The minimum atomic E-state index is -1.03. The molecule has 1 aromatic heterocycles. The Labute approximate surface area is 198 Å². The first-order chi connectivity index (χ1) is 16.3. The van der Waals surface area contributed by atoms with Gasteiger partial charge in [-0.1, -0.05) is 18.2 Å². The van der Waals surface area contributed by atoms with Crippen molar-refractivity contribution in [2.75, 3.05) is 37.7 Å². The molecule has 2 heterocycles. The molecule has 34 heavy (non-hydrogen) atoms. The maximum atomic E-state index is 12.6. The van der Waals surface area contributed by atoms with E-state index in [2.05, 4.69) is 27.2 Å². The van der Waals surface area contributed by atoms with Gasteiger partial charge in [0.1, 0.15) is 18.0 Å². The lowest BCUT2D eigenvalue weighted by Crippen LogP contribution is -2.31. The summed E-state index contributed by atoms with van der Waals surface area (Å²) in [5.41, 5.74) is 7.16. The Balaban J connectivity index is 1.41. The van der Waals surface area contributed by atoms with Crippen LogP contribution < -0.4 is 11.1 Å². The van der Waals surface area contributed by atoms with E-state index in [1.54, 1.807) is 23.1 Å². The average molecular weight is 464 g/mol. The van der Waals surface area contributed by atoms with Gasteiger partial charge in [0.05, 0.1) is 16.8 Å². The van der Waals surface area contributed by atoms with Crippen LogP contribution in [-0.2, 0) is 4.79 Å². The number of rotatable bonds is 9. The first-order valence-electron chi connectivity index (χ1n) is 11.3. The summed E-state index contributed by atoms with van der Waals surface area (Å²) in [5.74, 6) is -0.477. The third kappa shape index (κ3) is 5.40. The van der Waals surface area contributed by atoms with Gasteiger partial charge >= 0.3 is 5.97 Å². The fourth-order valence-electron chi connectivity index (χ4n) is 4.04. The number of anilines is 2. The molecule has 4 rings (SSSR count). The van der Waals surface area contributed by atoms with Gasteiger partial charge in [0, 0.05) is 43.4 Å². The molecule has 1 atom stereocenters. The van der Waals surface area contributed by atoms with Gasteiger partial charge in [-0.25, -0.2) is 14.8 Å². The van der Waals surface area contributed by atoms with Crippen LogP contribution in [0.2, 0.25) is 0 Å². The minimum absolute atomic E-state index is 0.0119. The number of aromatic nitrogens is 2. The molecule has 0 bridgehead atoms. The number of nitrogens with two attached hydrogens (primary N) is 1. The van der Waals surface area contributed by atoms with Crippen LogP contribution in [-0.4, -0.2) is 81.2 Å². The summed E-state index contributed by atoms with van der Waals surface area (Å²) >= 11 is 0. The van der Waals surface area contributed by atoms with Crippen molar-refractivity contribution >= 4 is 29.2 Å². The highest BCUT2D eigenvalue weighted by atomic mass is 16.4. The molecule has 0 spiro atoms. The molecule has 1 aliphatic heterocycles. The molecule has 10 heteroatoms. The zero-order valence-electron chi connectivity index (χ0n) is 19.1. The normalized spacial score (nSPS) is 17.9. The second-order valence-electron chi connectivity index (χ2n) is 8.73. The van der Waals surface area contributed by atoms with Gasteiger partial charge < -0.3 is 21.1 Å². The van der Waals surface area contributed by atoms with E-state index in [4.69, 9.17) is 16.2 Å². The molecule has 178 valence electrons. The Bertz CT molecular complexity index is 1110. The van der Waals surface area contributed by atoms with Gasteiger partial charge in [-0.3, -0.25) is 15.1 Å². The molecule has 5 N–H and O–H groups in total. The van der Waals surface area contributed by atoms with Crippen LogP contribution in [0.5, 0.6) is 0 Å². The topological polar surface area (TPSA) is 149 Å². The maximum absolute atomic E-state index is 12.6. The highest BCUT2D eigenvalue weighted by molar-refractivity contribution is 6.16. The van der Waals surface area contributed by atoms with E-state index in [0.717, 1.165) is 13.0 Å². The Hall–Kier alpha value is -3.79. The van der Waals surface area contributed by atoms with Crippen LogP contribution in [0.15, 0.2) is 42.7 Å². The summed E-state index contributed by atoms with van der Waals surface area (Å²) in [4.78, 5) is 36.1. The SMILES string of the molecule is CN(C/C=C/C(=O)N1CCC(Nc2ncnc(N)c2C(=N)c2ccc(C(=O)O)cc2)C1)C1CC1. The highest BCUT2D eigenvalue weighted by Crippen LogP contribution is 2.25. The predicted molar refractivity (Wildman–Crippen MR) is 129 cm³/mol. The molecule has 1 saturated carbocycles. The predicted octanol–water partition coefficient (Wildman–Crippen LogP) is 1.84. The second-order valence-corrected chi connectivity index (χ2v) is 8.73. The molecule has 2 fully saturated rings. The molecule has 1 aromatic carbocycles. The van der Waals surface area contributed by atoms with Gasteiger partial charge in [-0.15, -0.1) is 0 Å². The number of aromatic carboxylic acids is 1. The van der Waals surface area contributed by atoms with E-state index in [0.29, 0.717) is 36.1 Å². The number of carboxylic acid groups (broad SMARTS) is 1. The highest BCUT2D eigenvalue weighted by Gasteiger charge is 2.28. The summed E-state index contributed by atoms with van der Waals surface area (Å²) in [5, 5.41) is 21.1. The molecule has 0 radical (unpaired) electrons. The molecule has 2 aliphatic rings. The Kier molecular flexibility index (Phi) is 6.87. The van der Waals surface area contributed by atoms with E-state index in [1.807, 2.05) is 6.08 Å². The van der Waals surface area contributed by atoms with E-state index in [9.17, 15) is 9.59 Å². The Morgan fingerprint density at radius 2 is 1.94 bits per heavy atom. The van der Waals surface area contributed by atoms with Gasteiger partial charge in [0.2, 0.25) is 5.91 Å². The number of likely N-dealkylation sites (N-methyl/N-ethyl adjacent to an activating group) is 1. The summed E-state index contributed by atoms with van der Waals surface area (Å²) in [7, 11) is 2.07. The lowest BCUT2D eigenvalue weighted by Gasteiger charge is -2.19. The summed E-state index contributed by atoms with van der Waals surface area (Å²) < 4.78 is 0. The van der Waals surface area contributed by atoms with Crippen molar-refractivity contribution in [2.45, 2.75) is 31.3 Å². The molecular weight excluding hydrogens is 434 g/mol. The first kappa shape index (κ1) is 23.4. The second kappa shape index (κ2) is 10.0. The van der Waals surface area contributed by atoms with Crippen molar-refractivity contribution in [2.24, 2.45) is 0 Å². The van der Waals surface area contributed by atoms with Crippen LogP contribution in [0.3, 0.4) is 0 Å². The lowest BCUT2D eigenvalue weighted by molar-refractivity contribution is -0.125. The van der Waals surface area contributed by atoms with Crippen LogP contribution in [0.25, 0.3) is 0 Å². The largest absolute Gasteiger partial charge is 0.478 e. The number of nitrogens with one attached hydrogen (secondary N) is 2. The number of nitrogen functional groups attached to an aromatic ring is 1. The number of hydrogen-bond donors (Lipinski definition) is 4. The smallest absolute Gasteiger partial charge is 0.335 e. The average Bonchev–Trinajstić information content (AvgIpc) is 3.57. The number of likely N-dealkylation sites (tertiary alicyclic amines) is 1. The Morgan fingerprint density at radius 1 is 1.24 bits per heavy atom. The zero-order valence-corrected chi connectivity index (χ0v) is 19.1. The monoisotopic (exact) mass is 463 g/mol. The molecule has 10 nitrogen and oxygen atoms in total. The van der Waals surface area contributed by atoms with E-state index < -0.39 is 5.97 Å². The zero-order chi connectivity index (χ0) is 24.2. The van der Waals surface area contributed by atoms with Gasteiger partial charge in [-0.2, -0.15) is 0 Å². The number of nitrogens with zero attached hydrogens (tertiary/aromatic N) is 4. The third-order valence-electron chi connectivity index (χ3n) is 6.21. The molecule has 1 saturated heterocycles. The molecule has 1 amide bonds. The minimum Gasteiger partial charge on any atom is -0.478 e. The summed E-state index contributed by atoms with van der Waals surface area (Å²) in [6.45, 7) is 1.92. The van der Waals surface area contributed by atoms with Crippen molar-refractivity contribution in [1.82, 2.24) is 19.8 Å². The first-order valence-corrected chi connectivity index (χ1v) is 11.3. The number of hydrogen-bond acceptors (Lipinski definition) is 8. The fraction of sp³-hybridized carbons (Fsp3) is 0.375. The van der Waals surface area contributed by atoms with Crippen LogP contribution in [0.1, 0.15) is 40.7 Å². The molecule has 1 unspecified atom stereocenters. The summed E-state index contributed by atoms with van der Waals surface area (Å²) in [6, 6.07) is 6.62. The number of benzene rings is 1. The van der Waals surface area contributed by atoms with Crippen molar-refractivity contribution < 1.29 is 14.7 Å². The van der Waals surface area contributed by atoms with E-state index in [-0.39, 0.29) is 29.0 Å². The third-order valence-corrected chi connectivity index (χ3v) is 6.21. The van der Waals surface area contributed by atoms with Crippen molar-refractivity contribution in [1.29, 1.82) is 5.41 Å². The fourth-order valence-corrected chi connectivity index (χ4v) is 4.04. The molecule has 1 aliphatic carbocycles. The maximum Gasteiger partial charge on any atom is 0.335 e. The van der Waals surface area contributed by atoms with Crippen molar-refractivity contribution in [3.8, 4) is 0 Å². The van der Waals surface area contributed by atoms with Crippen molar-refractivity contribution in [3.63, 3.8) is 0 Å². The lowest BCUT2D eigenvalue weighted by atomic mass is 10.0. The van der Waals surface area contributed by atoms with Crippen LogP contribution in [0.4, 0.5) is 11.6 Å². The number of amides is 1. The quantitative estimate of drug-likeness (QED) is 0.325. The standard InChI is InChI=1S/C24H29N7O3/c1-30(18-8-9-18)11-2-3-19(32)31-12-10-17(13-31)29-23-20(22(26)27-14-28-23)21(25)15-4-6-16(7-5-15)24(33)34/h2-7,14,17-18,25H,8-13H2,1H3,(H,33,34)(H3,26,27,28,29)/b3-2+,25-21?. The van der Waals surface area contributed by atoms with Gasteiger partial charge in [0.15, 0.2) is 0 Å². The van der Waals surface area contributed by atoms with Gasteiger partial charge in [-0.05, 0) is 38.4 Å². The van der Waals surface area contributed by atoms with E-state index in [1.165, 1.54) is 31.3 Å².